The highest BCUT2D eigenvalue weighted by molar-refractivity contribution is 7.99. The van der Waals surface area contributed by atoms with Crippen LogP contribution in [0.4, 0.5) is 0 Å². The van der Waals surface area contributed by atoms with Crippen molar-refractivity contribution < 1.29 is 33.2 Å². The van der Waals surface area contributed by atoms with Gasteiger partial charge in [-0.3, -0.25) is 4.98 Å². The molecular weight excluding hydrogens is 809 g/mol. The van der Waals surface area contributed by atoms with Gasteiger partial charge in [0.2, 0.25) is 0 Å². The van der Waals surface area contributed by atoms with Gasteiger partial charge < -0.3 is 33.2 Å². The molecular formula is C53H50N2O7S. The molecule has 0 amide bonds. The molecule has 0 radical (unpaired) electrons. The van der Waals surface area contributed by atoms with Crippen LogP contribution >= 0.6 is 11.8 Å². The van der Waals surface area contributed by atoms with Gasteiger partial charge in [-0.05, 0) is 41.3 Å². The number of benzene rings is 6. The second-order valence-electron chi connectivity index (χ2n) is 15.4. The van der Waals surface area contributed by atoms with E-state index < -0.39 is 35.5 Å². The van der Waals surface area contributed by atoms with Gasteiger partial charge in [0.1, 0.15) is 52.1 Å². The number of rotatable bonds is 18. The summed E-state index contributed by atoms with van der Waals surface area (Å²) in [6.45, 7) is 4.00. The van der Waals surface area contributed by atoms with E-state index in [1.807, 2.05) is 128 Å². The maximum absolute atomic E-state index is 7.26. The lowest BCUT2D eigenvalue weighted by molar-refractivity contribution is -0.254. The minimum atomic E-state index is -1.16. The van der Waals surface area contributed by atoms with Crippen molar-refractivity contribution in [1.29, 1.82) is 0 Å². The third-order valence-corrected chi connectivity index (χ3v) is 12.3. The zero-order valence-corrected chi connectivity index (χ0v) is 35.9. The molecule has 7 aromatic rings. The minimum absolute atomic E-state index is 0.232. The first-order chi connectivity index (χ1) is 31.2. The van der Waals surface area contributed by atoms with Gasteiger partial charge in [0.15, 0.2) is 5.60 Å². The summed E-state index contributed by atoms with van der Waals surface area (Å²) >= 11 is 1.44. The Bertz CT molecular complexity index is 2450. The zero-order chi connectivity index (χ0) is 42.7. The quantitative estimate of drug-likeness (QED) is 0.0831. The van der Waals surface area contributed by atoms with Crippen LogP contribution in [0, 0.1) is 0 Å². The van der Waals surface area contributed by atoms with Crippen molar-refractivity contribution in [3.05, 3.63) is 221 Å². The van der Waals surface area contributed by atoms with Crippen molar-refractivity contribution in [3.63, 3.8) is 0 Å². The molecule has 63 heavy (non-hydrogen) atoms. The average molecular weight is 859 g/mol. The average Bonchev–Trinajstić information content (AvgIpc) is 3.34. The molecule has 0 N–H and O–H groups in total. The van der Waals surface area contributed by atoms with Gasteiger partial charge in [-0.2, -0.15) is 0 Å². The molecule has 1 saturated heterocycles. The molecule has 320 valence electrons. The van der Waals surface area contributed by atoms with Gasteiger partial charge in [0, 0.05) is 30.1 Å². The second kappa shape index (κ2) is 20.7. The number of thioether (sulfide) groups is 1. The largest absolute Gasteiger partial charge is 0.457 e. The minimum Gasteiger partial charge on any atom is -0.457 e. The molecule has 2 aliphatic rings. The third-order valence-electron chi connectivity index (χ3n) is 11.2. The third kappa shape index (κ3) is 9.78. The normalized spacial score (nSPS) is 20.0. The summed E-state index contributed by atoms with van der Waals surface area (Å²) in [7, 11) is 0. The smallest absolute Gasteiger partial charge is 0.170 e. The summed E-state index contributed by atoms with van der Waals surface area (Å²) in [5, 5.41) is 0.616. The topological polar surface area (TPSA) is 90.4 Å². The summed E-state index contributed by atoms with van der Waals surface area (Å²) in [5.74, 6) is 1.38. The first-order valence-corrected chi connectivity index (χ1v) is 22.3. The molecule has 0 bridgehead atoms. The Morgan fingerprint density at radius 3 is 1.52 bits per heavy atom. The highest BCUT2D eigenvalue weighted by atomic mass is 32.2. The summed E-state index contributed by atoms with van der Waals surface area (Å²) in [5.41, 5.74) is 4.59. The SMILES string of the molecule is CCOC1(c2nccnc2S[C@@H]2O[C@H](COCc3ccccc3)[C@@H](OCc3ccccc3)[C@H](OCc3ccccc3)[C@H]2OCc2ccccc2)c2ccccc2Oc2ccccc21. The summed E-state index contributed by atoms with van der Waals surface area (Å²) in [4.78, 5) is 10.2. The number of ether oxygens (including phenoxy) is 7. The van der Waals surface area contributed by atoms with Gasteiger partial charge in [-0.1, -0.05) is 169 Å². The highest BCUT2D eigenvalue weighted by Crippen LogP contribution is 2.54. The van der Waals surface area contributed by atoms with Crippen molar-refractivity contribution in [2.45, 2.75) is 73.8 Å². The first kappa shape index (κ1) is 42.6. The molecule has 6 aromatic carbocycles. The molecule has 9 rings (SSSR count). The molecule has 2 aliphatic heterocycles. The molecule has 0 spiro atoms. The standard InChI is InChI=1S/C53H50N2O7S/c1-2-60-53(42-27-15-17-29-44(42)61-45-30-18-16-28-43(45)53)50-51(55-32-31-54-50)63-52-49(59-36-41-25-13-6-14-26-41)48(58-35-40-23-11-5-12-24-40)47(57-34-39-21-9-4-10-22-39)46(62-52)37-56-33-38-19-7-3-8-20-38/h3-32,46-49,52H,2,33-37H2,1H3/t46-,47-,48+,49-,52+/m1/s1. The Kier molecular flexibility index (Phi) is 14.0. The molecule has 3 heterocycles. The van der Waals surface area contributed by atoms with E-state index in [-0.39, 0.29) is 6.61 Å². The molecule has 0 unspecified atom stereocenters. The first-order valence-electron chi connectivity index (χ1n) is 21.4. The van der Waals surface area contributed by atoms with Gasteiger partial charge in [0.05, 0.1) is 33.0 Å². The summed E-state index contributed by atoms with van der Waals surface area (Å²) < 4.78 is 48.2. The lowest BCUT2D eigenvalue weighted by Gasteiger charge is -2.46. The molecule has 10 heteroatoms. The van der Waals surface area contributed by atoms with Crippen LogP contribution in [0.5, 0.6) is 11.5 Å². The van der Waals surface area contributed by atoms with E-state index in [4.69, 9.17) is 43.1 Å². The zero-order valence-electron chi connectivity index (χ0n) is 35.1. The van der Waals surface area contributed by atoms with E-state index in [1.165, 1.54) is 11.8 Å². The highest BCUT2D eigenvalue weighted by Gasteiger charge is 2.52. The molecule has 1 fully saturated rings. The van der Waals surface area contributed by atoms with Gasteiger partial charge in [0.25, 0.3) is 0 Å². The number of hydrogen-bond acceptors (Lipinski definition) is 10. The second-order valence-corrected chi connectivity index (χ2v) is 16.5. The van der Waals surface area contributed by atoms with E-state index >= 15 is 0 Å². The van der Waals surface area contributed by atoms with Crippen LogP contribution in [0.3, 0.4) is 0 Å². The fourth-order valence-corrected chi connectivity index (χ4v) is 9.47. The molecule has 9 nitrogen and oxygen atoms in total. The van der Waals surface area contributed by atoms with E-state index in [2.05, 4.69) is 48.5 Å². The Morgan fingerprint density at radius 1 is 0.524 bits per heavy atom. The predicted molar refractivity (Wildman–Crippen MR) is 242 cm³/mol. The summed E-state index contributed by atoms with van der Waals surface area (Å²) in [6.07, 6.45) is 0.995. The van der Waals surface area contributed by atoms with E-state index in [0.717, 1.165) is 33.4 Å². The van der Waals surface area contributed by atoms with Crippen LogP contribution in [0.2, 0.25) is 0 Å². The molecule has 0 aliphatic carbocycles. The number of nitrogens with zero attached hydrogens (tertiary/aromatic N) is 2. The van der Waals surface area contributed by atoms with Crippen molar-refractivity contribution >= 4 is 11.8 Å². The van der Waals surface area contributed by atoms with Gasteiger partial charge >= 0.3 is 0 Å². The van der Waals surface area contributed by atoms with Crippen molar-refractivity contribution in [2.24, 2.45) is 0 Å². The van der Waals surface area contributed by atoms with E-state index in [1.54, 1.807) is 12.4 Å². The summed E-state index contributed by atoms with van der Waals surface area (Å²) in [6, 6.07) is 56.5. The van der Waals surface area contributed by atoms with Crippen molar-refractivity contribution in [1.82, 2.24) is 9.97 Å². The van der Waals surface area contributed by atoms with E-state index in [9.17, 15) is 0 Å². The fourth-order valence-electron chi connectivity index (χ4n) is 8.26. The Hall–Kier alpha value is -5.69. The van der Waals surface area contributed by atoms with Crippen LogP contribution in [-0.2, 0) is 60.4 Å². The maximum atomic E-state index is 7.26. The predicted octanol–water partition coefficient (Wildman–Crippen LogP) is 10.7. The lowest BCUT2D eigenvalue weighted by atomic mass is 9.80. The number of hydrogen-bond donors (Lipinski definition) is 0. The Labute approximate surface area is 373 Å². The maximum Gasteiger partial charge on any atom is 0.170 e. The fraction of sp³-hybridized carbons (Fsp3) is 0.245. The van der Waals surface area contributed by atoms with Crippen molar-refractivity contribution in [3.8, 4) is 11.5 Å². The van der Waals surface area contributed by atoms with Crippen LogP contribution in [0.1, 0.15) is 46.0 Å². The monoisotopic (exact) mass is 858 g/mol. The van der Waals surface area contributed by atoms with Gasteiger partial charge in [-0.15, -0.1) is 0 Å². The van der Waals surface area contributed by atoms with Crippen molar-refractivity contribution in [2.75, 3.05) is 13.2 Å². The van der Waals surface area contributed by atoms with Gasteiger partial charge in [-0.25, -0.2) is 4.98 Å². The lowest BCUT2D eigenvalue weighted by Crippen LogP contribution is -2.60. The molecule has 5 atom stereocenters. The van der Waals surface area contributed by atoms with Crippen LogP contribution in [0.25, 0.3) is 0 Å². The molecule has 1 aromatic heterocycles. The van der Waals surface area contributed by atoms with Crippen LogP contribution in [0.15, 0.2) is 187 Å². The number of fused-ring (bicyclic) bond motifs is 2. The van der Waals surface area contributed by atoms with Crippen LogP contribution < -0.4 is 4.74 Å². The molecule has 0 saturated carbocycles. The Balaban J connectivity index is 1.14. The van der Waals surface area contributed by atoms with Crippen LogP contribution in [-0.4, -0.2) is 53.0 Å². The number of aromatic nitrogens is 2. The van der Waals surface area contributed by atoms with E-state index in [0.29, 0.717) is 55.3 Å². The number of para-hydroxylation sites is 2. The Morgan fingerprint density at radius 2 is 0.984 bits per heavy atom.